The second-order valence-corrected chi connectivity index (χ2v) is 11.8. The van der Waals surface area contributed by atoms with Gasteiger partial charge in [-0.15, -0.1) is 18.3 Å². The van der Waals surface area contributed by atoms with Crippen molar-refractivity contribution in [1.82, 2.24) is 4.90 Å². The van der Waals surface area contributed by atoms with E-state index >= 15 is 0 Å². The molecular formula is C28H36N2O5S. The van der Waals surface area contributed by atoms with Crippen LogP contribution in [-0.4, -0.2) is 69.6 Å². The number of aryl methyl sites for hydroxylation is 2. The monoisotopic (exact) mass is 512 g/mol. The lowest BCUT2D eigenvalue weighted by Crippen LogP contribution is -2.59. The van der Waals surface area contributed by atoms with Gasteiger partial charge in [0, 0.05) is 17.5 Å². The highest BCUT2D eigenvalue weighted by Crippen LogP contribution is 2.69. The van der Waals surface area contributed by atoms with Crippen molar-refractivity contribution >= 4 is 35.2 Å². The number of aliphatic hydroxyl groups excluding tert-OH is 1. The second kappa shape index (κ2) is 10.1. The van der Waals surface area contributed by atoms with E-state index < -0.39 is 34.6 Å². The lowest BCUT2D eigenvalue weighted by Gasteiger charge is -2.42. The Hall–Kier alpha value is -2.58. The Morgan fingerprint density at radius 3 is 2.56 bits per heavy atom. The molecule has 2 bridgehead atoms. The predicted octanol–water partition coefficient (Wildman–Crippen LogP) is 3.27. The molecule has 3 aliphatic rings. The van der Waals surface area contributed by atoms with Crippen LogP contribution in [0.25, 0.3) is 0 Å². The molecule has 3 saturated heterocycles. The van der Waals surface area contributed by atoms with Gasteiger partial charge < -0.3 is 19.6 Å². The quantitative estimate of drug-likeness (QED) is 0.404. The number of hydrogen-bond acceptors (Lipinski definition) is 6. The highest BCUT2D eigenvalue weighted by Gasteiger charge is 2.77. The van der Waals surface area contributed by atoms with E-state index in [1.165, 1.54) is 6.08 Å². The number of para-hydroxylation sites is 1. The number of fused-ring (bicyclic) bond motifs is 1. The number of aliphatic hydroxyl groups is 1. The lowest BCUT2D eigenvalue weighted by molar-refractivity contribution is -0.153. The van der Waals surface area contributed by atoms with Crippen molar-refractivity contribution in [2.24, 2.45) is 17.8 Å². The first-order chi connectivity index (χ1) is 17.1. The number of hydrogen-bond donors (Lipinski definition) is 1. The molecule has 0 aliphatic carbocycles. The van der Waals surface area contributed by atoms with Gasteiger partial charge in [0.1, 0.15) is 12.6 Å². The Morgan fingerprint density at radius 1 is 1.31 bits per heavy atom. The second-order valence-electron chi connectivity index (χ2n) is 10.2. The maximum Gasteiger partial charge on any atom is 0.311 e. The molecule has 3 fully saturated rings. The molecular weight excluding hydrogens is 476 g/mol. The summed E-state index contributed by atoms with van der Waals surface area (Å²) < 4.78 is 4.64. The molecule has 0 saturated carbocycles. The minimum Gasteiger partial charge on any atom is -0.461 e. The van der Waals surface area contributed by atoms with Crippen molar-refractivity contribution in [1.29, 1.82) is 0 Å². The SMILES string of the molecule is C=CCOC(=O)[C@@H]1[C@H]2C(=O)N([C@H](C)CO)C(C(=O)N(CC=C)c3c(C)cccc3C)C23S[C@@H]1CC3C. The minimum atomic E-state index is -0.821. The first kappa shape index (κ1) is 26.5. The summed E-state index contributed by atoms with van der Waals surface area (Å²) in [5.74, 6) is -2.15. The Morgan fingerprint density at radius 2 is 1.97 bits per heavy atom. The van der Waals surface area contributed by atoms with Gasteiger partial charge >= 0.3 is 5.97 Å². The molecule has 194 valence electrons. The van der Waals surface area contributed by atoms with E-state index in [0.29, 0.717) is 0 Å². The molecule has 7 nitrogen and oxygen atoms in total. The lowest BCUT2D eigenvalue weighted by atomic mass is 9.66. The summed E-state index contributed by atoms with van der Waals surface area (Å²) in [6.07, 6.45) is 3.92. The maximum absolute atomic E-state index is 14.6. The average Bonchev–Trinajstić information content (AvgIpc) is 3.44. The molecule has 1 aromatic rings. The fraction of sp³-hybridized carbons (Fsp3) is 0.536. The number of likely N-dealkylation sites (tertiary alicyclic amines) is 1. The molecule has 0 radical (unpaired) electrons. The molecule has 4 rings (SSSR count). The third-order valence-electron chi connectivity index (χ3n) is 8.06. The van der Waals surface area contributed by atoms with Gasteiger partial charge in [-0.3, -0.25) is 14.4 Å². The van der Waals surface area contributed by atoms with E-state index in [-0.39, 0.29) is 42.7 Å². The molecule has 2 amide bonds. The summed E-state index contributed by atoms with van der Waals surface area (Å²) >= 11 is 1.59. The van der Waals surface area contributed by atoms with Gasteiger partial charge in [0.25, 0.3) is 5.91 Å². The van der Waals surface area contributed by atoms with E-state index in [2.05, 4.69) is 20.1 Å². The van der Waals surface area contributed by atoms with E-state index in [4.69, 9.17) is 4.74 Å². The number of benzene rings is 1. The van der Waals surface area contributed by atoms with E-state index in [9.17, 15) is 19.5 Å². The fourth-order valence-electron chi connectivity index (χ4n) is 6.61. The fourth-order valence-corrected chi connectivity index (χ4v) is 9.00. The van der Waals surface area contributed by atoms with Crippen molar-refractivity contribution in [2.45, 2.75) is 56.2 Å². The molecule has 7 atom stereocenters. The van der Waals surface area contributed by atoms with Crippen LogP contribution in [0.5, 0.6) is 0 Å². The highest BCUT2D eigenvalue weighted by molar-refractivity contribution is 8.02. The molecule has 3 unspecified atom stereocenters. The number of esters is 1. The standard InChI is InChI=1S/C28H36N2O5S/c1-7-12-29(23-16(3)10-9-11-17(23)4)26(33)24-28-18(5)14-20(36-28)21(27(34)35-13-8-2)22(28)25(32)30(24)19(6)15-31/h7-11,18-22,24,31H,1-2,12-15H2,3-6H3/t18?,19-,20-,21+,22+,24?,28?/m1/s1. The van der Waals surface area contributed by atoms with Gasteiger partial charge in [0.2, 0.25) is 5.91 Å². The van der Waals surface area contributed by atoms with Crippen LogP contribution >= 0.6 is 11.8 Å². The molecule has 8 heteroatoms. The Balaban J connectivity index is 1.85. The van der Waals surface area contributed by atoms with Gasteiger partial charge in [0.15, 0.2) is 0 Å². The topological polar surface area (TPSA) is 87.1 Å². The van der Waals surface area contributed by atoms with Crippen LogP contribution in [0.1, 0.15) is 31.4 Å². The summed E-state index contributed by atoms with van der Waals surface area (Å²) in [5.41, 5.74) is 2.71. The summed E-state index contributed by atoms with van der Waals surface area (Å²) in [6.45, 7) is 15.3. The van der Waals surface area contributed by atoms with E-state index in [1.807, 2.05) is 32.0 Å². The first-order valence-electron chi connectivity index (χ1n) is 12.5. The Labute approximate surface area is 217 Å². The van der Waals surface area contributed by atoms with E-state index in [0.717, 1.165) is 23.2 Å². The van der Waals surface area contributed by atoms with Crippen LogP contribution in [0.4, 0.5) is 5.69 Å². The molecule has 3 heterocycles. The number of thioether (sulfide) groups is 1. The van der Waals surface area contributed by atoms with Crippen LogP contribution in [0.3, 0.4) is 0 Å². The third-order valence-corrected chi connectivity index (χ3v) is 10.1. The Bertz CT molecular complexity index is 1070. The summed E-state index contributed by atoms with van der Waals surface area (Å²) in [5, 5.41) is 10.0. The summed E-state index contributed by atoms with van der Waals surface area (Å²) in [4.78, 5) is 45.1. The number of nitrogens with zero attached hydrogens (tertiary/aromatic N) is 2. The number of carbonyl (C=O) groups excluding carboxylic acids is 3. The number of rotatable bonds is 9. The summed E-state index contributed by atoms with van der Waals surface area (Å²) in [7, 11) is 0. The van der Waals surface area contributed by atoms with Gasteiger partial charge in [-0.25, -0.2) is 0 Å². The normalized spacial score (nSPS) is 31.2. The Kier molecular flexibility index (Phi) is 7.40. The average molecular weight is 513 g/mol. The molecule has 0 aromatic heterocycles. The van der Waals surface area contributed by atoms with Crippen LogP contribution in [0.15, 0.2) is 43.5 Å². The third kappa shape index (κ3) is 3.80. The maximum atomic E-state index is 14.6. The van der Waals surface area contributed by atoms with Gasteiger partial charge in [-0.2, -0.15) is 0 Å². The smallest absolute Gasteiger partial charge is 0.311 e. The number of anilines is 1. The van der Waals surface area contributed by atoms with Crippen LogP contribution in [-0.2, 0) is 19.1 Å². The molecule has 1 spiro atoms. The van der Waals surface area contributed by atoms with Crippen molar-refractivity contribution in [3.8, 4) is 0 Å². The molecule has 3 aliphatic heterocycles. The van der Waals surface area contributed by atoms with Gasteiger partial charge in [-0.05, 0) is 44.2 Å². The van der Waals surface area contributed by atoms with Crippen LogP contribution in [0.2, 0.25) is 0 Å². The highest BCUT2D eigenvalue weighted by atomic mass is 32.2. The van der Waals surface area contributed by atoms with Crippen molar-refractivity contribution in [3.05, 3.63) is 54.6 Å². The summed E-state index contributed by atoms with van der Waals surface area (Å²) in [6, 6.07) is 4.48. The van der Waals surface area contributed by atoms with Crippen molar-refractivity contribution in [3.63, 3.8) is 0 Å². The van der Waals surface area contributed by atoms with Crippen molar-refractivity contribution < 1.29 is 24.2 Å². The number of carbonyl (C=O) groups is 3. The first-order valence-corrected chi connectivity index (χ1v) is 13.4. The largest absolute Gasteiger partial charge is 0.461 e. The van der Waals surface area contributed by atoms with Crippen molar-refractivity contribution in [2.75, 3.05) is 24.7 Å². The molecule has 1 N–H and O–H groups in total. The zero-order valence-corrected chi connectivity index (χ0v) is 22.3. The minimum absolute atomic E-state index is 0.0262. The predicted molar refractivity (Wildman–Crippen MR) is 142 cm³/mol. The van der Waals surface area contributed by atoms with Gasteiger partial charge in [0.05, 0.1) is 29.2 Å². The molecule has 1 aromatic carbocycles. The van der Waals surface area contributed by atoms with E-state index in [1.54, 1.807) is 34.6 Å². The van der Waals surface area contributed by atoms with Gasteiger partial charge in [-0.1, -0.05) is 43.9 Å². The van der Waals surface area contributed by atoms with Crippen LogP contribution < -0.4 is 4.90 Å². The zero-order chi connectivity index (χ0) is 26.4. The number of ether oxygens (including phenoxy) is 1. The zero-order valence-electron chi connectivity index (χ0n) is 21.5. The number of amides is 2. The molecule has 36 heavy (non-hydrogen) atoms. The van der Waals surface area contributed by atoms with Crippen LogP contribution in [0, 0.1) is 31.6 Å².